The SMILES string of the molecule is COCCn1nnc(C(=O)O)c1-c1sc(C)nc1C. The lowest BCUT2D eigenvalue weighted by atomic mass is 10.2. The van der Waals surface area contributed by atoms with Crippen LogP contribution in [0, 0.1) is 13.8 Å². The van der Waals surface area contributed by atoms with Gasteiger partial charge in [0, 0.05) is 7.11 Å². The third kappa shape index (κ3) is 2.64. The fourth-order valence-electron chi connectivity index (χ4n) is 1.77. The van der Waals surface area contributed by atoms with Crippen molar-refractivity contribution >= 4 is 17.3 Å². The monoisotopic (exact) mass is 282 g/mol. The summed E-state index contributed by atoms with van der Waals surface area (Å²) in [5.41, 5.74) is 1.22. The Balaban J connectivity index is 2.54. The van der Waals surface area contributed by atoms with Crippen LogP contribution >= 0.6 is 11.3 Å². The van der Waals surface area contributed by atoms with Gasteiger partial charge in [-0.05, 0) is 13.8 Å². The average molecular weight is 282 g/mol. The van der Waals surface area contributed by atoms with E-state index in [1.165, 1.54) is 11.3 Å². The molecule has 7 nitrogen and oxygen atoms in total. The molecule has 0 atom stereocenters. The number of hydrogen-bond donors (Lipinski definition) is 1. The number of nitrogens with zero attached hydrogens (tertiary/aromatic N) is 4. The molecule has 0 fully saturated rings. The van der Waals surface area contributed by atoms with E-state index in [9.17, 15) is 9.90 Å². The zero-order chi connectivity index (χ0) is 14.0. The number of aryl methyl sites for hydroxylation is 2. The van der Waals surface area contributed by atoms with Crippen LogP contribution in [0.2, 0.25) is 0 Å². The average Bonchev–Trinajstić information content (AvgIpc) is 2.89. The quantitative estimate of drug-likeness (QED) is 0.890. The topological polar surface area (TPSA) is 90.1 Å². The second kappa shape index (κ2) is 5.45. The van der Waals surface area contributed by atoms with Crippen molar-refractivity contribution in [3.8, 4) is 10.6 Å². The lowest BCUT2D eigenvalue weighted by Crippen LogP contribution is -2.08. The molecular weight excluding hydrogens is 268 g/mol. The summed E-state index contributed by atoms with van der Waals surface area (Å²) in [6.45, 7) is 4.61. The molecule has 1 N–H and O–H groups in total. The molecule has 2 rings (SSSR count). The molecule has 2 aromatic heterocycles. The number of carbonyl (C=O) groups is 1. The van der Waals surface area contributed by atoms with Gasteiger partial charge in [-0.1, -0.05) is 5.21 Å². The summed E-state index contributed by atoms with van der Waals surface area (Å²) in [5.74, 6) is -1.09. The van der Waals surface area contributed by atoms with Gasteiger partial charge in [0.15, 0.2) is 5.69 Å². The molecule has 0 aliphatic rings. The second-order valence-corrected chi connectivity index (χ2v) is 5.16. The minimum Gasteiger partial charge on any atom is -0.476 e. The van der Waals surface area contributed by atoms with Gasteiger partial charge in [0.2, 0.25) is 0 Å². The Morgan fingerprint density at radius 2 is 2.21 bits per heavy atom. The van der Waals surface area contributed by atoms with Crippen molar-refractivity contribution in [1.29, 1.82) is 0 Å². The molecule has 0 radical (unpaired) electrons. The predicted molar refractivity (Wildman–Crippen MR) is 69.4 cm³/mol. The first-order valence-corrected chi connectivity index (χ1v) is 6.46. The first kappa shape index (κ1) is 13.6. The van der Waals surface area contributed by atoms with Gasteiger partial charge in [0.05, 0.1) is 28.7 Å². The maximum atomic E-state index is 11.2. The number of aromatic nitrogens is 4. The molecule has 102 valence electrons. The molecule has 0 saturated carbocycles. The highest BCUT2D eigenvalue weighted by Gasteiger charge is 2.23. The standard InChI is InChI=1S/C11H14N4O3S/c1-6-10(19-7(2)12-6)9-8(11(16)17)13-14-15(9)4-5-18-3/h4-5H2,1-3H3,(H,16,17). The number of carboxylic acids is 1. The molecule has 19 heavy (non-hydrogen) atoms. The van der Waals surface area contributed by atoms with E-state index in [0.717, 1.165) is 15.6 Å². The number of methoxy groups -OCH3 is 1. The molecule has 0 unspecified atom stereocenters. The van der Waals surface area contributed by atoms with Gasteiger partial charge < -0.3 is 9.84 Å². The molecule has 0 aliphatic carbocycles. The molecule has 0 saturated heterocycles. The van der Waals surface area contributed by atoms with E-state index < -0.39 is 5.97 Å². The molecule has 0 aliphatic heterocycles. The van der Waals surface area contributed by atoms with Crippen LogP contribution in [0.15, 0.2) is 0 Å². The zero-order valence-corrected chi connectivity index (χ0v) is 11.7. The van der Waals surface area contributed by atoms with Gasteiger partial charge in [-0.3, -0.25) is 0 Å². The molecule has 0 amide bonds. The third-order valence-corrected chi connectivity index (χ3v) is 3.64. The van der Waals surface area contributed by atoms with Crippen LogP contribution in [0.5, 0.6) is 0 Å². The number of aromatic carboxylic acids is 1. The molecule has 2 aromatic rings. The molecule has 2 heterocycles. The Morgan fingerprint density at radius 3 is 2.74 bits per heavy atom. The van der Waals surface area contributed by atoms with Gasteiger partial charge in [-0.25, -0.2) is 14.5 Å². The van der Waals surface area contributed by atoms with Crippen molar-refractivity contribution in [2.24, 2.45) is 0 Å². The largest absolute Gasteiger partial charge is 0.476 e. The number of rotatable bonds is 5. The van der Waals surface area contributed by atoms with Crippen molar-refractivity contribution in [2.75, 3.05) is 13.7 Å². The van der Waals surface area contributed by atoms with Gasteiger partial charge in [0.25, 0.3) is 0 Å². The minimum atomic E-state index is -1.09. The predicted octanol–water partition coefficient (Wildman–Crippen LogP) is 1.36. The van der Waals surface area contributed by atoms with E-state index in [1.807, 2.05) is 13.8 Å². The van der Waals surface area contributed by atoms with Crippen LogP contribution < -0.4 is 0 Å². The first-order chi connectivity index (χ1) is 9.04. The van der Waals surface area contributed by atoms with E-state index in [2.05, 4.69) is 15.3 Å². The number of hydrogen-bond acceptors (Lipinski definition) is 6. The first-order valence-electron chi connectivity index (χ1n) is 5.64. The van der Waals surface area contributed by atoms with E-state index in [-0.39, 0.29) is 5.69 Å². The lowest BCUT2D eigenvalue weighted by Gasteiger charge is -2.05. The van der Waals surface area contributed by atoms with Crippen molar-refractivity contribution in [3.63, 3.8) is 0 Å². The summed E-state index contributed by atoms with van der Waals surface area (Å²) < 4.78 is 6.54. The van der Waals surface area contributed by atoms with Crippen molar-refractivity contribution in [1.82, 2.24) is 20.0 Å². The number of ether oxygens (including phenoxy) is 1. The Kier molecular flexibility index (Phi) is 3.91. The smallest absolute Gasteiger partial charge is 0.358 e. The fraction of sp³-hybridized carbons (Fsp3) is 0.455. The minimum absolute atomic E-state index is 0.0529. The van der Waals surface area contributed by atoms with Crippen LogP contribution in [0.25, 0.3) is 10.6 Å². The lowest BCUT2D eigenvalue weighted by molar-refractivity contribution is 0.0691. The number of carboxylic acid groups (broad SMARTS) is 1. The maximum absolute atomic E-state index is 11.2. The Bertz CT molecular complexity index is 605. The van der Waals surface area contributed by atoms with E-state index in [4.69, 9.17) is 4.74 Å². The summed E-state index contributed by atoms with van der Waals surface area (Å²) in [6.07, 6.45) is 0. The van der Waals surface area contributed by atoms with Gasteiger partial charge in [-0.15, -0.1) is 16.4 Å². The van der Waals surface area contributed by atoms with Gasteiger partial charge >= 0.3 is 5.97 Å². The zero-order valence-electron chi connectivity index (χ0n) is 10.9. The summed E-state index contributed by atoms with van der Waals surface area (Å²) in [7, 11) is 1.58. The van der Waals surface area contributed by atoms with Crippen LogP contribution in [-0.2, 0) is 11.3 Å². The molecule has 0 aromatic carbocycles. The van der Waals surface area contributed by atoms with Gasteiger partial charge in [0.1, 0.15) is 5.69 Å². The van der Waals surface area contributed by atoms with Crippen molar-refractivity contribution < 1.29 is 14.6 Å². The second-order valence-electron chi connectivity index (χ2n) is 3.96. The normalized spacial score (nSPS) is 10.9. The Morgan fingerprint density at radius 1 is 1.47 bits per heavy atom. The number of thiazole rings is 1. The third-order valence-electron chi connectivity index (χ3n) is 2.56. The molecule has 8 heteroatoms. The summed E-state index contributed by atoms with van der Waals surface area (Å²) in [5, 5.41) is 17.7. The van der Waals surface area contributed by atoms with Crippen LogP contribution in [0.1, 0.15) is 21.2 Å². The van der Waals surface area contributed by atoms with Crippen LogP contribution in [0.3, 0.4) is 0 Å². The van der Waals surface area contributed by atoms with E-state index >= 15 is 0 Å². The Labute approximate surface area is 113 Å². The van der Waals surface area contributed by atoms with Crippen LogP contribution in [-0.4, -0.2) is 44.8 Å². The summed E-state index contributed by atoms with van der Waals surface area (Å²) in [6, 6.07) is 0. The summed E-state index contributed by atoms with van der Waals surface area (Å²) in [4.78, 5) is 16.3. The highest BCUT2D eigenvalue weighted by molar-refractivity contribution is 7.15. The molecule has 0 spiro atoms. The van der Waals surface area contributed by atoms with Gasteiger partial charge in [-0.2, -0.15) is 0 Å². The molecular formula is C11H14N4O3S. The maximum Gasteiger partial charge on any atom is 0.358 e. The fourth-order valence-corrected chi connectivity index (χ4v) is 2.74. The highest BCUT2D eigenvalue weighted by atomic mass is 32.1. The Hall–Kier alpha value is -1.80. The van der Waals surface area contributed by atoms with Crippen molar-refractivity contribution in [2.45, 2.75) is 20.4 Å². The highest BCUT2D eigenvalue weighted by Crippen LogP contribution is 2.31. The van der Waals surface area contributed by atoms with E-state index in [1.54, 1.807) is 11.8 Å². The van der Waals surface area contributed by atoms with E-state index in [0.29, 0.717) is 18.8 Å². The van der Waals surface area contributed by atoms with Crippen molar-refractivity contribution in [3.05, 3.63) is 16.4 Å². The van der Waals surface area contributed by atoms with Crippen LogP contribution in [0.4, 0.5) is 0 Å². The summed E-state index contributed by atoms with van der Waals surface area (Å²) >= 11 is 1.44. The molecule has 0 bridgehead atoms.